The first kappa shape index (κ1) is 19.2. The van der Waals surface area contributed by atoms with E-state index in [2.05, 4.69) is 56.2 Å². The fraction of sp³-hybridized carbons (Fsp3) is 0.208. The molecule has 1 aliphatic rings. The minimum absolute atomic E-state index is 0.0289. The zero-order valence-electron chi connectivity index (χ0n) is 16.4. The second kappa shape index (κ2) is 8.52. The number of morpholine rings is 1. The first-order valence-corrected chi connectivity index (χ1v) is 11.0. The molecule has 2 aromatic carbocycles. The van der Waals surface area contributed by atoms with Gasteiger partial charge in [-0.1, -0.05) is 36.4 Å². The molecule has 0 aliphatic carbocycles. The van der Waals surface area contributed by atoms with Crippen LogP contribution in [-0.4, -0.2) is 41.4 Å². The van der Waals surface area contributed by atoms with Gasteiger partial charge < -0.3 is 4.74 Å². The number of halogens is 1. The maximum atomic E-state index is 14.6. The fourth-order valence-corrected chi connectivity index (χ4v) is 4.76. The number of ether oxygens (including phenoxy) is 1. The smallest absolute Gasteiger partial charge is 0.132 e. The standard InChI is InChI=1S/C24H22FN3OS/c25-22-4-2-1-3-20(22)23-21(15-26-27-23)24(28-10-12-29-13-11-28)18-7-5-17(6-8-18)19-9-14-30-16-19/h1-9,14-16,24H,10-13H2,(H,26,27). The number of benzene rings is 2. The van der Waals surface area contributed by atoms with E-state index in [0.29, 0.717) is 18.8 Å². The van der Waals surface area contributed by atoms with Crippen LogP contribution in [0.1, 0.15) is 17.2 Å². The molecule has 1 fully saturated rings. The molecule has 30 heavy (non-hydrogen) atoms. The number of nitrogens with one attached hydrogen (secondary N) is 1. The van der Waals surface area contributed by atoms with Crippen LogP contribution in [-0.2, 0) is 4.74 Å². The summed E-state index contributed by atoms with van der Waals surface area (Å²) in [6, 6.07) is 17.6. The Labute approximate surface area is 178 Å². The van der Waals surface area contributed by atoms with Gasteiger partial charge in [-0.2, -0.15) is 16.4 Å². The van der Waals surface area contributed by atoms with E-state index in [-0.39, 0.29) is 11.9 Å². The lowest BCUT2D eigenvalue weighted by atomic mass is 9.93. The molecule has 6 heteroatoms. The summed E-state index contributed by atoms with van der Waals surface area (Å²) in [5, 5.41) is 11.6. The second-order valence-corrected chi connectivity index (χ2v) is 8.15. The lowest BCUT2D eigenvalue weighted by molar-refractivity contribution is 0.0240. The van der Waals surface area contributed by atoms with E-state index >= 15 is 0 Å². The van der Waals surface area contributed by atoms with Crippen LogP contribution in [0.2, 0.25) is 0 Å². The highest BCUT2D eigenvalue weighted by Crippen LogP contribution is 2.36. The highest BCUT2D eigenvalue weighted by Gasteiger charge is 2.28. The molecule has 0 amide bonds. The van der Waals surface area contributed by atoms with Gasteiger partial charge >= 0.3 is 0 Å². The first-order chi connectivity index (χ1) is 14.8. The lowest BCUT2D eigenvalue weighted by Gasteiger charge is -2.35. The predicted octanol–water partition coefficient (Wildman–Crippen LogP) is 5.37. The van der Waals surface area contributed by atoms with Crippen molar-refractivity contribution < 1.29 is 9.13 Å². The van der Waals surface area contributed by atoms with Crippen molar-refractivity contribution in [2.45, 2.75) is 6.04 Å². The largest absolute Gasteiger partial charge is 0.379 e. The van der Waals surface area contributed by atoms with Crippen LogP contribution in [0.4, 0.5) is 4.39 Å². The van der Waals surface area contributed by atoms with Crippen molar-refractivity contribution in [1.82, 2.24) is 15.1 Å². The Morgan fingerprint density at radius 1 is 1.00 bits per heavy atom. The van der Waals surface area contributed by atoms with Crippen LogP contribution in [0, 0.1) is 5.82 Å². The predicted molar refractivity (Wildman–Crippen MR) is 118 cm³/mol. The van der Waals surface area contributed by atoms with Gasteiger partial charge in [-0.3, -0.25) is 10.00 Å². The van der Waals surface area contributed by atoms with Crippen molar-refractivity contribution in [3.63, 3.8) is 0 Å². The summed E-state index contributed by atoms with van der Waals surface area (Å²) < 4.78 is 20.2. The zero-order chi connectivity index (χ0) is 20.3. The van der Waals surface area contributed by atoms with Crippen LogP contribution < -0.4 is 0 Å². The van der Waals surface area contributed by atoms with Crippen LogP contribution in [0.15, 0.2) is 71.6 Å². The molecule has 3 heterocycles. The van der Waals surface area contributed by atoms with E-state index in [1.165, 1.54) is 17.2 Å². The molecule has 0 saturated carbocycles. The molecule has 1 unspecified atom stereocenters. The molecular formula is C24H22FN3OS. The zero-order valence-corrected chi connectivity index (χ0v) is 17.2. The van der Waals surface area contributed by atoms with Crippen molar-refractivity contribution >= 4 is 11.3 Å². The maximum absolute atomic E-state index is 14.6. The normalized spacial score (nSPS) is 15.9. The quantitative estimate of drug-likeness (QED) is 0.473. The van der Waals surface area contributed by atoms with Gasteiger partial charge in [0.05, 0.1) is 31.1 Å². The Kier molecular flexibility index (Phi) is 5.45. The summed E-state index contributed by atoms with van der Waals surface area (Å²) in [6.07, 6.45) is 1.83. The first-order valence-electron chi connectivity index (χ1n) is 10.0. The van der Waals surface area contributed by atoms with Gasteiger partial charge in [0, 0.05) is 24.2 Å². The summed E-state index contributed by atoms with van der Waals surface area (Å²) in [4.78, 5) is 2.39. The van der Waals surface area contributed by atoms with Gasteiger partial charge in [0.25, 0.3) is 0 Å². The molecule has 5 rings (SSSR count). The van der Waals surface area contributed by atoms with Crippen molar-refractivity contribution in [3.8, 4) is 22.4 Å². The Balaban J connectivity index is 1.57. The summed E-state index contributed by atoms with van der Waals surface area (Å²) >= 11 is 1.70. The number of hydrogen-bond donors (Lipinski definition) is 1. The third-order valence-corrected chi connectivity index (χ3v) is 6.28. The van der Waals surface area contributed by atoms with E-state index in [1.807, 2.05) is 12.3 Å². The fourth-order valence-electron chi connectivity index (χ4n) is 4.09. The van der Waals surface area contributed by atoms with E-state index in [1.54, 1.807) is 23.5 Å². The van der Waals surface area contributed by atoms with Crippen molar-refractivity contribution in [3.05, 3.63) is 88.5 Å². The summed E-state index contributed by atoms with van der Waals surface area (Å²) in [6.45, 7) is 3.02. The molecule has 0 spiro atoms. The SMILES string of the molecule is Fc1ccccc1-c1[nH]ncc1C(c1ccc(-c2ccsc2)cc1)N1CCOCC1. The number of thiophene rings is 1. The van der Waals surface area contributed by atoms with Gasteiger partial charge in [-0.15, -0.1) is 0 Å². The minimum atomic E-state index is -0.253. The average molecular weight is 420 g/mol. The summed E-state index contributed by atoms with van der Waals surface area (Å²) in [5.41, 5.74) is 5.83. The van der Waals surface area contributed by atoms with Crippen molar-refractivity contribution in [2.24, 2.45) is 0 Å². The molecule has 4 aromatic rings. The Morgan fingerprint density at radius 2 is 1.80 bits per heavy atom. The van der Waals surface area contributed by atoms with Gasteiger partial charge in [-0.25, -0.2) is 4.39 Å². The number of aromatic nitrogens is 2. The lowest BCUT2D eigenvalue weighted by Crippen LogP contribution is -2.39. The highest BCUT2D eigenvalue weighted by atomic mass is 32.1. The third-order valence-electron chi connectivity index (χ3n) is 5.60. The van der Waals surface area contributed by atoms with Crippen LogP contribution in [0.3, 0.4) is 0 Å². The molecule has 152 valence electrons. The molecule has 1 atom stereocenters. The summed E-state index contributed by atoms with van der Waals surface area (Å²) in [5.74, 6) is -0.253. The van der Waals surface area contributed by atoms with Gasteiger partial charge in [0.2, 0.25) is 0 Å². The van der Waals surface area contributed by atoms with Gasteiger partial charge in [0.15, 0.2) is 0 Å². The third kappa shape index (κ3) is 3.69. The maximum Gasteiger partial charge on any atom is 0.132 e. The highest BCUT2D eigenvalue weighted by molar-refractivity contribution is 7.08. The minimum Gasteiger partial charge on any atom is -0.379 e. The number of aromatic amines is 1. The van der Waals surface area contributed by atoms with Gasteiger partial charge in [-0.05, 0) is 45.6 Å². The molecule has 1 aliphatic heterocycles. The number of hydrogen-bond acceptors (Lipinski definition) is 4. The van der Waals surface area contributed by atoms with Crippen LogP contribution >= 0.6 is 11.3 Å². The van der Waals surface area contributed by atoms with E-state index in [9.17, 15) is 4.39 Å². The van der Waals surface area contributed by atoms with E-state index < -0.39 is 0 Å². The monoisotopic (exact) mass is 419 g/mol. The topological polar surface area (TPSA) is 41.2 Å². The second-order valence-electron chi connectivity index (χ2n) is 7.37. The Bertz CT molecular complexity index is 1100. The van der Waals surface area contributed by atoms with Gasteiger partial charge in [0.1, 0.15) is 5.82 Å². The Morgan fingerprint density at radius 3 is 2.53 bits per heavy atom. The van der Waals surface area contributed by atoms with E-state index in [4.69, 9.17) is 4.74 Å². The molecule has 0 bridgehead atoms. The van der Waals surface area contributed by atoms with Crippen LogP contribution in [0.25, 0.3) is 22.4 Å². The molecular weight excluding hydrogens is 397 g/mol. The molecule has 0 radical (unpaired) electrons. The molecule has 4 nitrogen and oxygen atoms in total. The molecule has 2 aromatic heterocycles. The number of H-pyrrole nitrogens is 1. The number of rotatable bonds is 5. The summed E-state index contributed by atoms with van der Waals surface area (Å²) in [7, 11) is 0. The molecule has 1 N–H and O–H groups in total. The molecule has 1 saturated heterocycles. The van der Waals surface area contributed by atoms with Crippen LogP contribution in [0.5, 0.6) is 0 Å². The van der Waals surface area contributed by atoms with Crippen molar-refractivity contribution in [1.29, 1.82) is 0 Å². The average Bonchev–Trinajstić information content (AvgIpc) is 3.49. The Hall–Kier alpha value is -2.80. The number of nitrogens with zero attached hydrogens (tertiary/aromatic N) is 2. The van der Waals surface area contributed by atoms with E-state index in [0.717, 1.165) is 29.9 Å². The van der Waals surface area contributed by atoms with Crippen molar-refractivity contribution in [2.75, 3.05) is 26.3 Å².